The minimum absolute atomic E-state index is 0.00223. The van der Waals surface area contributed by atoms with E-state index in [1.807, 2.05) is 0 Å². The molecule has 2 aromatic carbocycles. The van der Waals surface area contributed by atoms with Crippen LogP contribution in [-0.2, 0) is 10.0 Å². The highest BCUT2D eigenvalue weighted by Gasteiger charge is 2.16. The van der Waals surface area contributed by atoms with Gasteiger partial charge in [0.2, 0.25) is 0 Å². The van der Waals surface area contributed by atoms with Crippen molar-refractivity contribution in [2.75, 3.05) is 11.3 Å². The van der Waals surface area contributed by atoms with Gasteiger partial charge < -0.3 is 5.32 Å². The molecule has 0 aromatic heterocycles. The molecule has 26 heavy (non-hydrogen) atoms. The standard InChI is InChI=1S/C18H20Cl2N2O3S/c1-12(2)9-10-21-18(23)13-3-5-14(6-4-13)22-26(24,25)15-7-8-16(19)17(20)11-15/h3-8,11-12,22H,9-10H2,1-2H3,(H,21,23). The van der Waals surface area contributed by atoms with Gasteiger partial charge in [0.25, 0.3) is 15.9 Å². The summed E-state index contributed by atoms with van der Waals surface area (Å²) in [5.74, 6) is 0.318. The fourth-order valence-corrected chi connectivity index (χ4v) is 3.57. The molecule has 5 nitrogen and oxygen atoms in total. The first-order chi connectivity index (χ1) is 12.2. The second-order valence-corrected chi connectivity index (χ2v) is 8.69. The monoisotopic (exact) mass is 414 g/mol. The van der Waals surface area contributed by atoms with Gasteiger partial charge in [-0.05, 0) is 54.8 Å². The lowest BCUT2D eigenvalue weighted by atomic mass is 10.1. The Bertz CT molecular complexity index is 882. The molecule has 2 aromatic rings. The van der Waals surface area contributed by atoms with Crippen LogP contribution < -0.4 is 10.0 Å². The van der Waals surface area contributed by atoms with Crippen LogP contribution in [0.3, 0.4) is 0 Å². The Balaban J connectivity index is 2.06. The second-order valence-electron chi connectivity index (χ2n) is 6.20. The van der Waals surface area contributed by atoms with Crippen molar-refractivity contribution >= 4 is 44.8 Å². The Morgan fingerprint density at radius 2 is 1.69 bits per heavy atom. The molecule has 0 bridgehead atoms. The molecule has 0 heterocycles. The second kappa shape index (κ2) is 8.75. The average Bonchev–Trinajstić information content (AvgIpc) is 2.57. The summed E-state index contributed by atoms with van der Waals surface area (Å²) in [7, 11) is -3.80. The maximum absolute atomic E-state index is 12.4. The normalized spacial score (nSPS) is 11.4. The summed E-state index contributed by atoms with van der Waals surface area (Å²) in [6.45, 7) is 4.77. The van der Waals surface area contributed by atoms with E-state index in [4.69, 9.17) is 23.2 Å². The van der Waals surface area contributed by atoms with Crippen LogP contribution in [0.4, 0.5) is 5.69 Å². The fourth-order valence-electron chi connectivity index (χ4n) is 2.12. The van der Waals surface area contributed by atoms with E-state index < -0.39 is 10.0 Å². The number of hydrogen-bond donors (Lipinski definition) is 2. The number of nitrogens with one attached hydrogen (secondary N) is 2. The molecule has 0 saturated carbocycles. The van der Waals surface area contributed by atoms with Crippen LogP contribution in [0.5, 0.6) is 0 Å². The molecule has 0 saturated heterocycles. The summed E-state index contributed by atoms with van der Waals surface area (Å²) in [5.41, 5.74) is 0.807. The highest BCUT2D eigenvalue weighted by atomic mass is 35.5. The van der Waals surface area contributed by atoms with Crippen LogP contribution >= 0.6 is 23.2 Å². The number of anilines is 1. The van der Waals surface area contributed by atoms with E-state index in [1.54, 1.807) is 12.1 Å². The van der Waals surface area contributed by atoms with Crippen LogP contribution in [0.25, 0.3) is 0 Å². The van der Waals surface area contributed by atoms with E-state index in [-0.39, 0.29) is 20.8 Å². The Labute approximate surface area is 163 Å². The van der Waals surface area contributed by atoms with Crippen LogP contribution in [0, 0.1) is 5.92 Å². The van der Waals surface area contributed by atoms with E-state index in [2.05, 4.69) is 23.9 Å². The molecule has 0 spiro atoms. The predicted molar refractivity (Wildman–Crippen MR) is 106 cm³/mol. The van der Waals surface area contributed by atoms with Gasteiger partial charge in [-0.1, -0.05) is 37.0 Å². The van der Waals surface area contributed by atoms with E-state index >= 15 is 0 Å². The van der Waals surface area contributed by atoms with Crippen molar-refractivity contribution in [3.8, 4) is 0 Å². The van der Waals surface area contributed by atoms with Crippen LogP contribution in [-0.4, -0.2) is 20.9 Å². The SMILES string of the molecule is CC(C)CCNC(=O)c1ccc(NS(=O)(=O)c2ccc(Cl)c(Cl)c2)cc1. The topological polar surface area (TPSA) is 75.3 Å². The lowest BCUT2D eigenvalue weighted by Gasteiger charge is -2.10. The van der Waals surface area contributed by atoms with E-state index in [0.717, 1.165) is 6.42 Å². The number of rotatable bonds is 7. The van der Waals surface area contributed by atoms with Gasteiger partial charge in [0, 0.05) is 17.8 Å². The molecule has 140 valence electrons. The summed E-state index contributed by atoms with van der Waals surface area (Å²) in [6, 6.07) is 10.3. The zero-order valence-electron chi connectivity index (χ0n) is 14.4. The molecule has 0 aliphatic rings. The van der Waals surface area contributed by atoms with Crippen LogP contribution in [0.15, 0.2) is 47.4 Å². The number of amides is 1. The molecule has 8 heteroatoms. The van der Waals surface area contributed by atoms with Gasteiger partial charge >= 0.3 is 0 Å². The lowest BCUT2D eigenvalue weighted by molar-refractivity contribution is 0.0952. The van der Waals surface area contributed by atoms with Crippen molar-refractivity contribution in [2.45, 2.75) is 25.2 Å². The maximum atomic E-state index is 12.4. The van der Waals surface area contributed by atoms with Gasteiger partial charge in [0.05, 0.1) is 14.9 Å². The lowest BCUT2D eigenvalue weighted by Crippen LogP contribution is -2.25. The third kappa shape index (κ3) is 5.62. The molecule has 0 aliphatic heterocycles. The number of hydrogen-bond acceptors (Lipinski definition) is 3. The number of carbonyl (C=O) groups excluding carboxylic acids is 1. The summed E-state index contributed by atoms with van der Waals surface area (Å²) in [4.78, 5) is 12.0. The van der Waals surface area contributed by atoms with E-state index in [1.165, 1.54) is 30.3 Å². The van der Waals surface area contributed by atoms with Crippen molar-refractivity contribution < 1.29 is 13.2 Å². The molecule has 0 aliphatic carbocycles. The summed E-state index contributed by atoms with van der Waals surface area (Å²) in [6.07, 6.45) is 0.896. The molecule has 0 radical (unpaired) electrons. The molecule has 2 rings (SSSR count). The smallest absolute Gasteiger partial charge is 0.261 e. The first-order valence-corrected chi connectivity index (χ1v) is 10.3. The highest BCUT2D eigenvalue weighted by molar-refractivity contribution is 7.92. The molecule has 1 amide bonds. The van der Waals surface area contributed by atoms with Gasteiger partial charge in [-0.25, -0.2) is 8.42 Å². The molecular weight excluding hydrogens is 395 g/mol. The Morgan fingerprint density at radius 1 is 1.04 bits per heavy atom. The number of carbonyl (C=O) groups is 1. The highest BCUT2D eigenvalue weighted by Crippen LogP contribution is 2.26. The molecule has 0 unspecified atom stereocenters. The zero-order chi connectivity index (χ0) is 19.3. The van der Waals surface area contributed by atoms with Gasteiger partial charge in [-0.2, -0.15) is 0 Å². The fraction of sp³-hybridized carbons (Fsp3) is 0.278. The third-order valence-electron chi connectivity index (χ3n) is 3.61. The third-order valence-corrected chi connectivity index (χ3v) is 5.73. The average molecular weight is 415 g/mol. The Hall–Kier alpha value is -1.76. The van der Waals surface area contributed by atoms with Crippen molar-refractivity contribution in [2.24, 2.45) is 5.92 Å². The minimum Gasteiger partial charge on any atom is -0.352 e. The van der Waals surface area contributed by atoms with Gasteiger partial charge in [0.15, 0.2) is 0 Å². The predicted octanol–water partition coefficient (Wildman–Crippen LogP) is 4.57. The minimum atomic E-state index is -3.80. The van der Waals surface area contributed by atoms with Crippen molar-refractivity contribution in [1.82, 2.24) is 5.32 Å². The quantitative estimate of drug-likeness (QED) is 0.696. The summed E-state index contributed by atoms with van der Waals surface area (Å²) < 4.78 is 27.2. The molecule has 2 N–H and O–H groups in total. The number of sulfonamides is 1. The largest absolute Gasteiger partial charge is 0.352 e. The Kier molecular flexibility index (Phi) is 6.92. The molecule has 0 atom stereocenters. The number of benzene rings is 2. The van der Waals surface area contributed by atoms with Gasteiger partial charge in [0.1, 0.15) is 0 Å². The van der Waals surface area contributed by atoms with Crippen molar-refractivity contribution in [3.05, 3.63) is 58.1 Å². The molecular formula is C18H20Cl2N2O3S. The van der Waals surface area contributed by atoms with Gasteiger partial charge in [-0.3, -0.25) is 9.52 Å². The summed E-state index contributed by atoms with van der Waals surface area (Å²) in [5, 5.41) is 3.26. The van der Waals surface area contributed by atoms with Crippen molar-refractivity contribution in [3.63, 3.8) is 0 Å². The van der Waals surface area contributed by atoms with E-state index in [0.29, 0.717) is 23.7 Å². The van der Waals surface area contributed by atoms with Gasteiger partial charge in [-0.15, -0.1) is 0 Å². The summed E-state index contributed by atoms with van der Waals surface area (Å²) >= 11 is 11.7. The number of halogens is 2. The Morgan fingerprint density at radius 3 is 2.27 bits per heavy atom. The zero-order valence-corrected chi connectivity index (χ0v) is 16.8. The first-order valence-electron chi connectivity index (χ1n) is 8.05. The molecule has 0 fully saturated rings. The maximum Gasteiger partial charge on any atom is 0.261 e. The van der Waals surface area contributed by atoms with Crippen LogP contribution in [0.2, 0.25) is 10.0 Å². The van der Waals surface area contributed by atoms with Crippen LogP contribution in [0.1, 0.15) is 30.6 Å². The first kappa shape index (κ1) is 20.6. The van der Waals surface area contributed by atoms with E-state index in [9.17, 15) is 13.2 Å². The van der Waals surface area contributed by atoms with Crippen molar-refractivity contribution in [1.29, 1.82) is 0 Å².